The van der Waals surface area contributed by atoms with Crippen LogP contribution in [0.4, 0.5) is 0 Å². The molecule has 0 radical (unpaired) electrons. The van der Waals surface area contributed by atoms with Gasteiger partial charge < -0.3 is 4.52 Å². The van der Waals surface area contributed by atoms with Crippen LogP contribution in [0.15, 0.2) is 68.6 Å². The van der Waals surface area contributed by atoms with Crippen LogP contribution in [0.2, 0.25) is 0 Å². The van der Waals surface area contributed by atoms with Crippen molar-refractivity contribution in [2.45, 2.75) is 47.2 Å². The number of hydrogen-bond donors (Lipinski definition) is 0. The maximum atomic E-state index is 5.42. The standard InChI is InChI=1S/C23H22N6OS3/c1-23(2,3)20-25-18(28-30-20)13-31-21-27-26-19(29(21)15-9-5-4-6-10-15)14-32-22-24-16-11-7-8-12-17(16)33-22/h4-12H,13-14H2,1-3H3. The quantitative estimate of drug-likeness (QED) is 0.249. The van der Waals surface area contributed by atoms with Crippen molar-refractivity contribution >= 4 is 45.1 Å². The molecule has 3 heterocycles. The average molecular weight is 495 g/mol. The van der Waals surface area contributed by atoms with Crippen molar-refractivity contribution in [1.82, 2.24) is 29.9 Å². The number of nitrogens with zero attached hydrogens (tertiary/aromatic N) is 6. The van der Waals surface area contributed by atoms with Crippen molar-refractivity contribution in [2.24, 2.45) is 0 Å². The van der Waals surface area contributed by atoms with E-state index in [1.807, 2.05) is 36.4 Å². The van der Waals surface area contributed by atoms with Crippen LogP contribution >= 0.6 is 34.9 Å². The maximum absolute atomic E-state index is 5.42. The van der Waals surface area contributed by atoms with Gasteiger partial charge in [-0.25, -0.2) is 4.98 Å². The summed E-state index contributed by atoms with van der Waals surface area (Å²) in [5.41, 5.74) is 1.87. The van der Waals surface area contributed by atoms with Crippen LogP contribution < -0.4 is 0 Å². The van der Waals surface area contributed by atoms with E-state index in [1.54, 1.807) is 34.9 Å². The number of thioether (sulfide) groups is 2. The van der Waals surface area contributed by atoms with Crippen molar-refractivity contribution in [3.05, 3.63) is 72.1 Å². The molecule has 5 rings (SSSR count). The molecule has 0 unspecified atom stereocenters. The second-order valence-electron chi connectivity index (χ2n) is 8.36. The van der Waals surface area contributed by atoms with Crippen molar-refractivity contribution in [2.75, 3.05) is 0 Å². The first-order valence-electron chi connectivity index (χ1n) is 10.4. The lowest BCUT2D eigenvalue weighted by Gasteiger charge is -2.10. The van der Waals surface area contributed by atoms with Crippen LogP contribution in [0.25, 0.3) is 15.9 Å². The van der Waals surface area contributed by atoms with E-state index in [1.165, 1.54) is 4.70 Å². The van der Waals surface area contributed by atoms with Crippen LogP contribution in [0.3, 0.4) is 0 Å². The molecule has 0 aliphatic carbocycles. The summed E-state index contributed by atoms with van der Waals surface area (Å²) in [5, 5.41) is 13.9. The van der Waals surface area contributed by atoms with E-state index < -0.39 is 0 Å². The molecule has 0 amide bonds. The Kier molecular flexibility index (Phi) is 6.22. The van der Waals surface area contributed by atoms with Crippen LogP contribution in [0.1, 0.15) is 38.3 Å². The molecule has 0 N–H and O–H groups in total. The molecule has 0 aliphatic heterocycles. The van der Waals surface area contributed by atoms with E-state index in [9.17, 15) is 0 Å². The Labute approximate surface area is 204 Å². The Morgan fingerprint density at radius 1 is 0.909 bits per heavy atom. The van der Waals surface area contributed by atoms with E-state index in [-0.39, 0.29) is 5.41 Å². The molecule has 10 heteroatoms. The molecule has 0 bridgehead atoms. The van der Waals surface area contributed by atoms with Gasteiger partial charge in [-0.1, -0.05) is 79.8 Å². The van der Waals surface area contributed by atoms with Gasteiger partial charge in [-0.2, -0.15) is 4.98 Å². The van der Waals surface area contributed by atoms with Crippen LogP contribution in [0, 0.1) is 0 Å². The highest BCUT2D eigenvalue weighted by Crippen LogP contribution is 2.33. The van der Waals surface area contributed by atoms with E-state index in [4.69, 9.17) is 9.51 Å². The molecule has 0 spiro atoms. The number of thiazole rings is 1. The van der Waals surface area contributed by atoms with Gasteiger partial charge in [0.1, 0.15) is 5.82 Å². The number of benzene rings is 2. The third kappa shape index (κ3) is 4.97. The minimum Gasteiger partial charge on any atom is -0.339 e. The number of para-hydroxylation sites is 2. The Morgan fingerprint density at radius 3 is 2.45 bits per heavy atom. The Bertz CT molecular complexity index is 1340. The second kappa shape index (κ2) is 9.28. The number of fused-ring (bicyclic) bond motifs is 1. The molecule has 0 atom stereocenters. The first-order chi connectivity index (χ1) is 16.0. The summed E-state index contributed by atoms with van der Waals surface area (Å²) in [6.45, 7) is 6.16. The van der Waals surface area contributed by atoms with Crippen LogP contribution in [-0.4, -0.2) is 29.9 Å². The monoisotopic (exact) mass is 494 g/mol. The van der Waals surface area contributed by atoms with Gasteiger partial charge in [-0.3, -0.25) is 4.57 Å². The lowest BCUT2D eigenvalue weighted by molar-refractivity contribution is 0.319. The third-order valence-corrected chi connectivity index (χ3v) is 7.85. The minimum atomic E-state index is -0.176. The number of rotatable bonds is 7. The van der Waals surface area contributed by atoms with E-state index in [2.05, 4.69) is 63.9 Å². The second-order valence-corrected chi connectivity index (χ2v) is 11.6. The van der Waals surface area contributed by atoms with Gasteiger partial charge >= 0.3 is 0 Å². The zero-order chi connectivity index (χ0) is 22.8. The summed E-state index contributed by atoms with van der Waals surface area (Å²) in [7, 11) is 0. The maximum Gasteiger partial charge on any atom is 0.232 e. The summed E-state index contributed by atoms with van der Waals surface area (Å²) in [6.07, 6.45) is 0. The van der Waals surface area contributed by atoms with Gasteiger partial charge in [0.15, 0.2) is 15.3 Å². The Morgan fingerprint density at radius 2 is 1.70 bits per heavy atom. The molecule has 168 valence electrons. The molecular weight excluding hydrogens is 472 g/mol. The largest absolute Gasteiger partial charge is 0.339 e. The van der Waals surface area contributed by atoms with Gasteiger partial charge in [0.2, 0.25) is 5.89 Å². The summed E-state index contributed by atoms with van der Waals surface area (Å²) in [4.78, 5) is 9.26. The van der Waals surface area contributed by atoms with Crippen molar-refractivity contribution in [3.8, 4) is 5.69 Å². The number of hydrogen-bond acceptors (Lipinski definition) is 9. The number of aromatic nitrogens is 6. The van der Waals surface area contributed by atoms with Crippen molar-refractivity contribution in [1.29, 1.82) is 0 Å². The topological polar surface area (TPSA) is 82.5 Å². The molecule has 2 aromatic carbocycles. The highest BCUT2D eigenvalue weighted by molar-refractivity contribution is 8.00. The third-order valence-electron chi connectivity index (χ3n) is 4.75. The minimum absolute atomic E-state index is 0.176. The summed E-state index contributed by atoms with van der Waals surface area (Å²) >= 11 is 4.92. The van der Waals surface area contributed by atoms with Crippen LogP contribution in [0.5, 0.6) is 0 Å². The van der Waals surface area contributed by atoms with E-state index in [0.29, 0.717) is 23.2 Å². The highest BCUT2D eigenvalue weighted by atomic mass is 32.2. The highest BCUT2D eigenvalue weighted by Gasteiger charge is 2.22. The van der Waals surface area contributed by atoms with Gasteiger partial charge in [0.25, 0.3) is 0 Å². The predicted octanol–water partition coefficient (Wildman–Crippen LogP) is 6.14. The zero-order valence-corrected chi connectivity index (χ0v) is 20.9. The van der Waals surface area contributed by atoms with Crippen molar-refractivity contribution in [3.63, 3.8) is 0 Å². The predicted molar refractivity (Wildman–Crippen MR) is 133 cm³/mol. The molecule has 0 fully saturated rings. The lowest BCUT2D eigenvalue weighted by atomic mass is 9.97. The molecule has 0 saturated heterocycles. The molecule has 5 aromatic rings. The fourth-order valence-electron chi connectivity index (χ4n) is 3.11. The average Bonchev–Trinajstić information content (AvgIpc) is 3.54. The smallest absolute Gasteiger partial charge is 0.232 e. The molecule has 0 saturated carbocycles. The Balaban J connectivity index is 1.37. The van der Waals surface area contributed by atoms with Gasteiger partial charge in [-0.15, -0.1) is 21.5 Å². The molecule has 33 heavy (non-hydrogen) atoms. The van der Waals surface area contributed by atoms with Crippen LogP contribution in [-0.2, 0) is 16.9 Å². The fourth-order valence-corrected chi connectivity index (χ4v) is 5.90. The van der Waals surface area contributed by atoms with E-state index >= 15 is 0 Å². The summed E-state index contributed by atoms with van der Waals surface area (Å²) < 4.78 is 9.73. The molecular formula is C23H22N6OS3. The Hall–Kier alpha value is -2.69. The van der Waals surface area contributed by atoms with E-state index in [0.717, 1.165) is 26.5 Å². The van der Waals surface area contributed by atoms with Gasteiger partial charge in [0, 0.05) is 11.1 Å². The van der Waals surface area contributed by atoms with Crippen molar-refractivity contribution < 1.29 is 4.52 Å². The normalized spacial score (nSPS) is 12.0. The zero-order valence-electron chi connectivity index (χ0n) is 18.4. The van der Waals surface area contributed by atoms with Gasteiger partial charge in [-0.05, 0) is 24.3 Å². The fraction of sp³-hybridized carbons (Fsp3) is 0.261. The lowest BCUT2D eigenvalue weighted by Crippen LogP contribution is -2.11. The van der Waals surface area contributed by atoms with Gasteiger partial charge in [0.05, 0.1) is 21.7 Å². The first-order valence-corrected chi connectivity index (χ1v) is 13.2. The molecule has 7 nitrogen and oxygen atoms in total. The molecule has 0 aliphatic rings. The summed E-state index contributed by atoms with van der Waals surface area (Å²) in [6, 6.07) is 18.4. The summed E-state index contributed by atoms with van der Waals surface area (Å²) in [5.74, 6) is 3.37. The SMILES string of the molecule is CC(C)(C)c1nc(CSc2nnc(CSc3nc4ccccc4s3)n2-c2ccccc2)no1. The molecule has 3 aromatic heterocycles. The first kappa shape index (κ1) is 22.1.